The first-order valence-electron chi connectivity index (χ1n) is 11.1. The Morgan fingerprint density at radius 1 is 1.09 bits per heavy atom. The second-order valence-electron chi connectivity index (χ2n) is 8.11. The van der Waals surface area contributed by atoms with Crippen molar-refractivity contribution in [3.8, 4) is 11.5 Å². The van der Waals surface area contributed by atoms with Gasteiger partial charge in [0.15, 0.2) is 18.1 Å². The fourth-order valence-corrected chi connectivity index (χ4v) is 4.16. The van der Waals surface area contributed by atoms with Gasteiger partial charge in [0.1, 0.15) is 6.04 Å². The Bertz CT molecular complexity index is 914. The molecule has 1 N–H and O–H groups in total. The molecule has 1 saturated carbocycles. The molecule has 0 bridgehead atoms. The number of rotatable bonds is 9. The minimum absolute atomic E-state index is 0.149. The number of para-hydroxylation sites is 2. The highest BCUT2D eigenvalue weighted by Gasteiger charge is 2.28. The van der Waals surface area contributed by atoms with Crippen LogP contribution in [0.1, 0.15) is 44.6 Å². The van der Waals surface area contributed by atoms with Crippen LogP contribution in [0.3, 0.4) is 0 Å². The first-order valence-corrected chi connectivity index (χ1v) is 11.5. The monoisotopic (exact) mass is 458 g/mol. The van der Waals surface area contributed by atoms with E-state index in [2.05, 4.69) is 5.32 Å². The lowest BCUT2D eigenvalue weighted by Crippen LogP contribution is -2.51. The van der Waals surface area contributed by atoms with Gasteiger partial charge in [-0.2, -0.15) is 0 Å². The molecule has 0 spiro atoms. The van der Waals surface area contributed by atoms with Crippen LogP contribution in [0, 0.1) is 0 Å². The summed E-state index contributed by atoms with van der Waals surface area (Å²) in [6.45, 7) is 1.81. The van der Waals surface area contributed by atoms with E-state index >= 15 is 0 Å². The lowest BCUT2D eigenvalue weighted by atomic mass is 9.95. The summed E-state index contributed by atoms with van der Waals surface area (Å²) in [6.07, 6.45) is 5.42. The lowest BCUT2D eigenvalue weighted by Gasteiger charge is -2.31. The van der Waals surface area contributed by atoms with Gasteiger partial charge in [0.05, 0.1) is 7.11 Å². The maximum atomic E-state index is 13.2. The largest absolute Gasteiger partial charge is 0.493 e. The molecule has 32 heavy (non-hydrogen) atoms. The number of nitrogens with zero attached hydrogens (tertiary/aromatic N) is 1. The molecule has 2 aromatic rings. The summed E-state index contributed by atoms with van der Waals surface area (Å²) in [5.74, 6) is 0.585. The van der Waals surface area contributed by atoms with Crippen molar-refractivity contribution in [2.24, 2.45) is 0 Å². The molecule has 0 unspecified atom stereocenters. The molecule has 1 atom stereocenters. The van der Waals surface area contributed by atoms with Crippen molar-refractivity contribution in [1.29, 1.82) is 0 Å². The quantitative estimate of drug-likeness (QED) is 0.596. The lowest BCUT2D eigenvalue weighted by molar-refractivity contribution is -0.142. The van der Waals surface area contributed by atoms with Crippen molar-refractivity contribution in [3.63, 3.8) is 0 Å². The van der Waals surface area contributed by atoms with Crippen LogP contribution in [0.4, 0.5) is 0 Å². The van der Waals surface area contributed by atoms with E-state index in [4.69, 9.17) is 21.1 Å². The molecule has 2 amide bonds. The highest BCUT2D eigenvalue weighted by molar-refractivity contribution is 6.30. The fourth-order valence-electron chi connectivity index (χ4n) is 3.94. The Balaban J connectivity index is 1.72. The molecule has 3 rings (SSSR count). The Hall–Kier alpha value is -2.73. The van der Waals surface area contributed by atoms with Crippen LogP contribution in [0.15, 0.2) is 48.5 Å². The fraction of sp³-hybridized carbons (Fsp3) is 0.440. The summed E-state index contributed by atoms with van der Waals surface area (Å²) in [6, 6.07) is 14.0. The molecule has 172 valence electrons. The summed E-state index contributed by atoms with van der Waals surface area (Å²) < 4.78 is 11.0. The third-order valence-electron chi connectivity index (χ3n) is 5.78. The molecule has 7 heteroatoms. The van der Waals surface area contributed by atoms with Crippen molar-refractivity contribution in [1.82, 2.24) is 10.2 Å². The van der Waals surface area contributed by atoms with Crippen LogP contribution in [0.2, 0.25) is 5.02 Å². The van der Waals surface area contributed by atoms with E-state index < -0.39 is 6.04 Å². The van der Waals surface area contributed by atoms with Crippen LogP contribution >= 0.6 is 11.6 Å². The topological polar surface area (TPSA) is 67.9 Å². The normalized spacial score (nSPS) is 15.0. The van der Waals surface area contributed by atoms with Crippen LogP contribution in [-0.2, 0) is 16.1 Å². The minimum atomic E-state index is -0.648. The van der Waals surface area contributed by atoms with Gasteiger partial charge in [0.25, 0.3) is 5.91 Å². The SMILES string of the molecule is COc1ccccc1OCC(=O)N(Cc1cccc(Cl)c1)[C@H](C)C(=O)NC1CCCCC1. The zero-order valence-electron chi connectivity index (χ0n) is 18.7. The highest BCUT2D eigenvalue weighted by atomic mass is 35.5. The van der Waals surface area contributed by atoms with Gasteiger partial charge in [-0.25, -0.2) is 0 Å². The number of benzene rings is 2. The van der Waals surface area contributed by atoms with Crippen molar-refractivity contribution in [2.45, 2.75) is 57.7 Å². The number of halogens is 1. The summed E-state index contributed by atoms with van der Waals surface area (Å²) in [7, 11) is 1.55. The van der Waals surface area contributed by atoms with E-state index in [-0.39, 0.29) is 31.0 Å². The van der Waals surface area contributed by atoms with Crippen LogP contribution < -0.4 is 14.8 Å². The van der Waals surface area contributed by atoms with Gasteiger partial charge in [-0.1, -0.05) is 55.1 Å². The molecule has 6 nitrogen and oxygen atoms in total. The molecule has 0 saturated heterocycles. The number of carbonyl (C=O) groups is 2. The molecule has 1 fully saturated rings. The summed E-state index contributed by atoms with van der Waals surface area (Å²) in [4.78, 5) is 27.7. The van der Waals surface area contributed by atoms with E-state index in [0.29, 0.717) is 16.5 Å². The standard InChI is InChI=1S/C25H31ClN2O4/c1-18(25(30)27-21-11-4-3-5-12-21)28(16-19-9-8-10-20(26)15-19)24(29)17-32-23-14-7-6-13-22(23)31-2/h6-10,13-15,18,21H,3-5,11-12,16-17H2,1-2H3,(H,27,30)/t18-/m1/s1. The molecular weight excluding hydrogens is 428 g/mol. The number of ether oxygens (including phenoxy) is 2. The van der Waals surface area contributed by atoms with Gasteiger partial charge in [0, 0.05) is 17.6 Å². The Labute approximate surface area is 194 Å². The number of nitrogens with one attached hydrogen (secondary N) is 1. The number of methoxy groups -OCH3 is 1. The molecule has 0 radical (unpaired) electrons. The van der Waals surface area contributed by atoms with Gasteiger partial charge in [-0.15, -0.1) is 0 Å². The number of hydrogen-bond donors (Lipinski definition) is 1. The summed E-state index contributed by atoms with van der Waals surface area (Å²) in [5, 5.41) is 3.71. The third kappa shape index (κ3) is 6.63. The molecule has 0 aromatic heterocycles. The predicted octanol–water partition coefficient (Wildman–Crippen LogP) is 4.59. The number of amides is 2. The highest BCUT2D eigenvalue weighted by Crippen LogP contribution is 2.26. The summed E-state index contributed by atoms with van der Waals surface area (Å²) >= 11 is 6.13. The Kier molecular flexibility index (Phi) is 8.80. The van der Waals surface area contributed by atoms with Crippen molar-refractivity contribution < 1.29 is 19.1 Å². The van der Waals surface area contributed by atoms with E-state index in [1.807, 2.05) is 24.3 Å². The predicted molar refractivity (Wildman–Crippen MR) is 125 cm³/mol. The first-order chi connectivity index (χ1) is 15.5. The minimum Gasteiger partial charge on any atom is -0.493 e. The maximum Gasteiger partial charge on any atom is 0.261 e. The van der Waals surface area contributed by atoms with Crippen LogP contribution in [0.5, 0.6) is 11.5 Å². The zero-order valence-corrected chi connectivity index (χ0v) is 19.4. The van der Waals surface area contributed by atoms with E-state index in [1.165, 1.54) is 6.42 Å². The van der Waals surface area contributed by atoms with Gasteiger partial charge in [-0.05, 0) is 49.6 Å². The average Bonchev–Trinajstić information content (AvgIpc) is 2.81. The van der Waals surface area contributed by atoms with Crippen molar-refractivity contribution in [2.75, 3.05) is 13.7 Å². The maximum absolute atomic E-state index is 13.2. The first kappa shape index (κ1) is 23.9. The van der Waals surface area contributed by atoms with Gasteiger partial charge < -0.3 is 19.7 Å². The van der Waals surface area contributed by atoms with Crippen molar-refractivity contribution >= 4 is 23.4 Å². The average molecular weight is 459 g/mol. The number of carbonyl (C=O) groups excluding carboxylic acids is 2. The molecule has 1 aliphatic rings. The molecular formula is C25H31ClN2O4. The van der Waals surface area contributed by atoms with Gasteiger partial charge >= 0.3 is 0 Å². The molecule has 0 heterocycles. The zero-order chi connectivity index (χ0) is 22.9. The van der Waals surface area contributed by atoms with Gasteiger partial charge in [0.2, 0.25) is 5.91 Å². The molecule has 0 aliphatic heterocycles. The van der Waals surface area contributed by atoms with Crippen LogP contribution in [-0.4, -0.2) is 42.5 Å². The molecule has 2 aromatic carbocycles. The van der Waals surface area contributed by atoms with Crippen LogP contribution in [0.25, 0.3) is 0 Å². The second-order valence-corrected chi connectivity index (χ2v) is 8.55. The third-order valence-corrected chi connectivity index (χ3v) is 6.02. The smallest absolute Gasteiger partial charge is 0.261 e. The van der Waals surface area contributed by atoms with E-state index in [1.54, 1.807) is 43.2 Å². The second kappa shape index (κ2) is 11.8. The Morgan fingerprint density at radius 3 is 2.50 bits per heavy atom. The summed E-state index contributed by atoms with van der Waals surface area (Å²) in [5.41, 5.74) is 0.848. The number of hydrogen-bond acceptors (Lipinski definition) is 4. The van der Waals surface area contributed by atoms with Crippen molar-refractivity contribution in [3.05, 3.63) is 59.1 Å². The van der Waals surface area contributed by atoms with E-state index in [0.717, 1.165) is 31.2 Å². The Morgan fingerprint density at radius 2 is 1.81 bits per heavy atom. The van der Waals surface area contributed by atoms with E-state index in [9.17, 15) is 9.59 Å². The van der Waals surface area contributed by atoms with Gasteiger partial charge in [-0.3, -0.25) is 9.59 Å². The molecule has 1 aliphatic carbocycles.